The fourth-order valence-electron chi connectivity index (χ4n) is 2.81. The van der Waals surface area contributed by atoms with Gasteiger partial charge in [-0.05, 0) is 54.2 Å². The van der Waals surface area contributed by atoms with Gasteiger partial charge in [0, 0.05) is 17.4 Å². The molecule has 0 saturated carbocycles. The number of anilines is 1. The number of rotatable bonds is 2. The number of halogens is 1. The molecule has 0 saturated heterocycles. The summed E-state index contributed by atoms with van der Waals surface area (Å²) in [4.78, 5) is 0. The molecule has 0 spiro atoms. The zero-order valence-corrected chi connectivity index (χ0v) is 11.7. The van der Waals surface area contributed by atoms with E-state index >= 15 is 0 Å². The summed E-state index contributed by atoms with van der Waals surface area (Å²) in [6.45, 7) is 0. The number of hydrogen-bond acceptors (Lipinski definition) is 3. The van der Waals surface area contributed by atoms with Gasteiger partial charge in [-0.25, -0.2) is 0 Å². The molecule has 3 rings (SSSR count). The van der Waals surface area contributed by atoms with E-state index in [-0.39, 0.29) is 5.49 Å². The molecular weight excluding hydrogens is 272 g/mol. The SMILES string of the molecule is N=Cn1ccc(-c2c(Cl)cc3c(c2N)CCC3)cc1=N. The number of aryl methyl sites for hydroxylation is 1. The Balaban J connectivity index is 2.22. The number of aromatic nitrogens is 1. The van der Waals surface area contributed by atoms with E-state index in [4.69, 9.17) is 28.2 Å². The van der Waals surface area contributed by atoms with E-state index in [1.165, 1.54) is 15.7 Å². The minimum atomic E-state index is 0.230. The normalized spacial score (nSPS) is 13.2. The van der Waals surface area contributed by atoms with E-state index in [2.05, 4.69) is 0 Å². The van der Waals surface area contributed by atoms with Gasteiger partial charge in [-0.1, -0.05) is 11.6 Å². The van der Waals surface area contributed by atoms with Gasteiger partial charge in [-0.3, -0.25) is 15.4 Å². The van der Waals surface area contributed by atoms with Crippen molar-refractivity contribution in [3.63, 3.8) is 0 Å². The molecular formula is C15H15ClN4. The number of nitrogens with zero attached hydrogens (tertiary/aromatic N) is 1. The molecule has 0 atom stereocenters. The van der Waals surface area contributed by atoms with Gasteiger partial charge in [0.15, 0.2) is 0 Å². The first-order valence-corrected chi connectivity index (χ1v) is 6.87. The van der Waals surface area contributed by atoms with Crippen molar-refractivity contribution in [3.8, 4) is 11.1 Å². The summed E-state index contributed by atoms with van der Waals surface area (Å²) in [6.07, 6.45) is 5.91. The van der Waals surface area contributed by atoms with Crippen LogP contribution in [-0.4, -0.2) is 10.9 Å². The largest absolute Gasteiger partial charge is 0.398 e. The number of benzene rings is 1. The monoisotopic (exact) mass is 286 g/mol. The zero-order valence-electron chi connectivity index (χ0n) is 10.9. The number of nitrogens with one attached hydrogen (secondary N) is 2. The zero-order chi connectivity index (χ0) is 14.3. The molecule has 1 aliphatic rings. The number of nitrogens with two attached hydrogens (primary N) is 1. The van der Waals surface area contributed by atoms with Crippen LogP contribution in [-0.2, 0) is 12.8 Å². The molecule has 1 aromatic carbocycles. The fraction of sp³-hybridized carbons (Fsp3) is 0.200. The van der Waals surface area contributed by atoms with Crippen LogP contribution in [0.4, 0.5) is 5.69 Å². The van der Waals surface area contributed by atoms with Crippen LogP contribution >= 0.6 is 11.6 Å². The summed E-state index contributed by atoms with van der Waals surface area (Å²) in [5.41, 5.74) is 11.3. The molecule has 0 bridgehead atoms. The molecule has 4 N–H and O–H groups in total. The van der Waals surface area contributed by atoms with Crippen LogP contribution < -0.4 is 11.2 Å². The van der Waals surface area contributed by atoms with E-state index in [1.54, 1.807) is 12.3 Å². The third-order valence-electron chi connectivity index (χ3n) is 3.81. The predicted octanol–water partition coefficient (Wildman–Crippen LogP) is 2.81. The maximum absolute atomic E-state index is 7.88. The Hall–Kier alpha value is -2.07. The Morgan fingerprint density at radius 2 is 2.10 bits per heavy atom. The van der Waals surface area contributed by atoms with E-state index in [1.807, 2.05) is 12.1 Å². The van der Waals surface area contributed by atoms with Crippen molar-refractivity contribution >= 4 is 23.6 Å². The topological polar surface area (TPSA) is 78.7 Å². The summed E-state index contributed by atoms with van der Waals surface area (Å²) in [7, 11) is 0. The Kier molecular flexibility index (Phi) is 3.10. The average molecular weight is 287 g/mol. The summed E-state index contributed by atoms with van der Waals surface area (Å²) >= 11 is 6.38. The highest BCUT2D eigenvalue weighted by Gasteiger charge is 2.20. The van der Waals surface area contributed by atoms with Gasteiger partial charge in [0.1, 0.15) is 5.49 Å². The van der Waals surface area contributed by atoms with E-state index in [9.17, 15) is 0 Å². The summed E-state index contributed by atoms with van der Waals surface area (Å²) in [6, 6.07) is 5.52. The lowest BCUT2D eigenvalue weighted by atomic mass is 9.98. The Morgan fingerprint density at radius 3 is 2.80 bits per heavy atom. The minimum Gasteiger partial charge on any atom is -0.398 e. The molecule has 102 valence electrons. The fourth-order valence-corrected chi connectivity index (χ4v) is 3.15. The summed E-state index contributed by atoms with van der Waals surface area (Å²) < 4.78 is 1.42. The molecule has 0 unspecified atom stereocenters. The van der Waals surface area contributed by atoms with Crippen molar-refractivity contribution in [2.45, 2.75) is 19.3 Å². The number of hydrogen-bond donors (Lipinski definition) is 3. The molecule has 0 aliphatic heterocycles. The first-order chi connectivity index (χ1) is 9.61. The predicted molar refractivity (Wildman–Crippen MR) is 81.4 cm³/mol. The maximum Gasteiger partial charge on any atom is 0.130 e. The minimum absolute atomic E-state index is 0.230. The van der Waals surface area contributed by atoms with Gasteiger partial charge in [-0.15, -0.1) is 0 Å². The van der Waals surface area contributed by atoms with Crippen molar-refractivity contribution in [2.24, 2.45) is 0 Å². The third-order valence-corrected chi connectivity index (χ3v) is 4.11. The lowest BCUT2D eigenvalue weighted by Crippen LogP contribution is -2.17. The number of nitrogen functional groups attached to an aromatic ring is 1. The van der Waals surface area contributed by atoms with Crippen LogP contribution in [0.1, 0.15) is 17.5 Å². The van der Waals surface area contributed by atoms with E-state index < -0.39 is 0 Å². The second-order valence-corrected chi connectivity index (χ2v) is 5.38. The van der Waals surface area contributed by atoms with Crippen LogP contribution in [0.2, 0.25) is 5.02 Å². The average Bonchev–Trinajstić information content (AvgIpc) is 2.87. The lowest BCUT2D eigenvalue weighted by molar-refractivity contribution is 0.912. The summed E-state index contributed by atoms with van der Waals surface area (Å²) in [5.74, 6) is 0. The van der Waals surface area contributed by atoms with Gasteiger partial charge < -0.3 is 5.73 Å². The first-order valence-electron chi connectivity index (χ1n) is 6.49. The van der Waals surface area contributed by atoms with Gasteiger partial charge in [-0.2, -0.15) is 0 Å². The van der Waals surface area contributed by atoms with Gasteiger partial charge in [0.05, 0.1) is 11.4 Å². The molecule has 0 amide bonds. The second kappa shape index (κ2) is 4.80. The molecule has 1 heterocycles. The van der Waals surface area contributed by atoms with Crippen molar-refractivity contribution in [2.75, 3.05) is 5.73 Å². The quantitative estimate of drug-likeness (QED) is 0.443. The smallest absolute Gasteiger partial charge is 0.130 e. The first kappa shape index (κ1) is 12.9. The van der Waals surface area contributed by atoms with Crippen LogP contribution in [0.3, 0.4) is 0 Å². The van der Waals surface area contributed by atoms with Crippen LogP contribution in [0.5, 0.6) is 0 Å². The van der Waals surface area contributed by atoms with Crippen LogP contribution in [0.15, 0.2) is 24.4 Å². The van der Waals surface area contributed by atoms with Gasteiger partial charge >= 0.3 is 0 Å². The number of pyridine rings is 1. The van der Waals surface area contributed by atoms with Crippen molar-refractivity contribution in [1.29, 1.82) is 10.8 Å². The van der Waals surface area contributed by atoms with Gasteiger partial charge in [0.25, 0.3) is 0 Å². The highest BCUT2D eigenvalue weighted by atomic mass is 35.5. The molecule has 1 aromatic heterocycles. The summed E-state index contributed by atoms with van der Waals surface area (Å²) in [5, 5.41) is 15.7. The Labute approximate surface area is 121 Å². The van der Waals surface area contributed by atoms with Crippen molar-refractivity contribution in [1.82, 2.24) is 4.57 Å². The lowest BCUT2D eigenvalue weighted by Gasteiger charge is -2.14. The van der Waals surface area contributed by atoms with Gasteiger partial charge in [0.2, 0.25) is 0 Å². The second-order valence-electron chi connectivity index (χ2n) is 4.98. The van der Waals surface area contributed by atoms with Crippen molar-refractivity contribution < 1.29 is 0 Å². The maximum atomic E-state index is 7.88. The van der Waals surface area contributed by atoms with Crippen LogP contribution in [0, 0.1) is 10.8 Å². The molecule has 4 nitrogen and oxygen atoms in total. The number of fused-ring (bicyclic) bond motifs is 1. The Morgan fingerprint density at radius 1 is 1.30 bits per heavy atom. The molecule has 0 fully saturated rings. The molecule has 5 heteroatoms. The van der Waals surface area contributed by atoms with Crippen LogP contribution in [0.25, 0.3) is 11.1 Å². The highest BCUT2D eigenvalue weighted by molar-refractivity contribution is 6.34. The standard InChI is InChI=1S/C15H15ClN4/c16-12-6-9-2-1-3-11(9)15(19)14(12)10-4-5-20(8-17)13(18)7-10/h4-8,17-18H,1-3,19H2. The van der Waals surface area contributed by atoms with E-state index in [0.29, 0.717) is 5.02 Å². The molecule has 1 aliphatic carbocycles. The van der Waals surface area contributed by atoms with Crippen molar-refractivity contribution in [3.05, 3.63) is 46.0 Å². The highest BCUT2D eigenvalue weighted by Crippen LogP contribution is 2.40. The van der Waals surface area contributed by atoms with E-state index in [0.717, 1.165) is 42.4 Å². The molecule has 20 heavy (non-hydrogen) atoms. The third kappa shape index (κ3) is 1.93. The molecule has 2 aromatic rings. The molecule has 0 radical (unpaired) electrons. The Bertz CT molecular complexity index is 761.